The molecule has 190 valence electrons. The van der Waals surface area contributed by atoms with E-state index < -0.39 is 0 Å². The SMILES string of the molecule is c1ccc(-c2cccc(-c3cc(-c4cccc(-c5c[nH]c(-c6cccc(-c7ccccc7)c6)c5)c4)c[nH]3)c2)cc1. The molecule has 0 fully saturated rings. The van der Waals surface area contributed by atoms with Gasteiger partial charge in [0.2, 0.25) is 0 Å². The molecule has 2 N–H and O–H groups in total. The Kier molecular flexibility index (Phi) is 6.20. The highest BCUT2D eigenvalue weighted by Gasteiger charge is 2.10. The topological polar surface area (TPSA) is 31.6 Å². The molecule has 2 heterocycles. The Morgan fingerprint density at radius 3 is 1.00 bits per heavy atom. The van der Waals surface area contributed by atoms with Crippen LogP contribution in [0, 0.1) is 0 Å². The fourth-order valence-electron chi connectivity index (χ4n) is 5.33. The molecule has 0 saturated heterocycles. The highest BCUT2D eigenvalue weighted by atomic mass is 14.7. The van der Waals surface area contributed by atoms with Crippen LogP contribution < -0.4 is 0 Å². The Morgan fingerprint density at radius 2 is 0.575 bits per heavy atom. The maximum atomic E-state index is 3.50. The van der Waals surface area contributed by atoms with E-state index in [9.17, 15) is 0 Å². The van der Waals surface area contributed by atoms with Gasteiger partial charge in [-0.25, -0.2) is 0 Å². The molecule has 2 heteroatoms. The first-order valence-electron chi connectivity index (χ1n) is 13.6. The van der Waals surface area contributed by atoms with Gasteiger partial charge in [0.1, 0.15) is 0 Å². The third-order valence-electron chi connectivity index (χ3n) is 7.46. The number of nitrogens with one attached hydrogen (secondary N) is 2. The minimum Gasteiger partial charge on any atom is -0.361 e. The summed E-state index contributed by atoms with van der Waals surface area (Å²) in [4.78, 5) is 6.99. The zero-order valence-corrected chi connectivity index (χ0v) is 22.0. The van der Waals surface area contributed by atoms with Crippen molar-refractivity contribution in [2.24, 2.45) is 0 Å². The van der Waals surface area contributed by atoms with E-state index in [4.69, 9.17) is 0 Å². The summed E-state index contributed by atoms with van der Waals surface area (Å²) in [6.45, 7) is 0. The molecule has 7 rings (SSSR count). The van der Waals surface area contributed by atoms with Gasteiger partial charge in [0.05, 0.1) is 0 Å². The molecule has 0 amide bonds. The molecule has 0 aliphatic carbocycles. The van der Waals surface area contributed by atoms with Crippen molar-refractivity contribution >= 4 is 0 Å². The Hall–Kier alpha value is -5.34. The van der Waals surface area contributed by atoms with Crippen LogP contribution in [0.5, 0.6) is 0 Å². The van der Waals surface area contributed by atoms with Gasteiger partial charge in [-0.1, -0.05) is 115 Å². The van der Waals surface area contributed by atoms with Crippen LogP contribution in [-0.4, -0.2) is 9.97 Å². The van der Waals surface area contributed by atoms with Crippen LogP contribution in [-0.2, 0) is 0 Å². The largest absolute Gasteiger partial charge is 0.361 e. The Bertz CT molecular complexity index is 1750. The normalized spacial score (nSPS) is 11.0. The molecule has 0 aliphatic rings. The average Bonchev–Trinajstić information content (AvgIpc) is 3.74. The third kappa shape index (κ3) is 4.79. The minimum absolute atomic E-state index is 1.11. The molecule has 2 nitrogen and oxygen atoms in total. The van der Waals surface area contributed by atoms with Gasteiger partial charge < -0.3 is 9.97 Å². The molecule has 0 aliphatic heterocycles. The fourth-order valence-corrected chi connectivity index (χ4v) is 5.33. The fraction of sp³-hybridized carbons (Fsp3) is 0. The molecule has 0 spiro atoms. The highest BCUT2D eigenvalue weighted by Crippen LogP contribution is 2.33. The molecule has 5 aromatic carbocycles. The van der Waals surface area contributed by atoms with Crippen molar-refractivity contribution in [3.05, 3.63) is 158 Å². The number of hydrogen-bond acceptors (Lipinski definition) is 0. The van der Waals surface area contributed by atoms with Crippen molar-refractivity contribution in [2.45, 2.75) is 0 Å². The van der Waals surface area contributed by atoms with E-state index >= 15 is 0 Å². The van der Waals surface area contributed by atoms with Crippen LogP contribution >= 0.6 is 0 Å². The monoisotopic (exact) mass is 512 g/mol. The molecule has 0 unspecified atom stereocenters. The number of rotatable bonds is 6. The van der Waals surface area contributed by atoms with Crippen molar-refractivity contribution in [1.29, 1.82) is 0 Å². The molecule has 0 saturated carbocycles. The summed E-state index contributed by atoms with van der Waals surface area (Å²) in [6, 6.07) is 51.6. The summed E-state index contributed by atoms with van der Waals surface area (Å²) in [5.41, 5.74) is 14.2. The van der Waals surface area contributed by atoms with Crippen molar-refractivity contribution in [2.75, 3.05) is 0 Å². The predicted octanol–water partition coefficient (Wildman–Crippen LogP) is 10.3. The van der Waals surface area contributed by atoms with E-state index in [0.29, 0.717) is 0 Å². The summed E-state index contributed by atoms with van der Waals surface area (Å²) in [7, 11) is 0. The minimum atomic E-state index is 1.11. The van der Waals surface area contributed by atoms with Crippen molar-refractivity contribution in [1.82, 2.24) is 9.97 Å². The van der Waals surface area contributed by atoms with E-state index in [1.807, 2.05) is 0 Å². The Labute approximate surface area is 234 Å². The van der Waals surface area contributed by atoms with E-state index in [-0.39, 0.29) is 0 Å². The van der Waals surface area contributed by atoms with Gasteiger partial charge in [-0.15, -0.1) is 0 Å². The lowest BCUT2D eigenvalue weighted by Crippen LogP contribution is -1.81. The standard InChI is InChI=1S/C38H28N2/c1-3-10-27(11-4-1)29-14-8-18-33(21-29)37-23-35(25-39-37)31-16-7-17-32(20-31)36-24-38(40-26-36)34-19-9-15-30(22-34)28-12-5-2-6-13-28/h1-26,39-40H. The lowest BCUT2D eigenvalue weighted by atomic mass is 9.99. The highest BCUT2D eigenvalue weighted by molar-refractivity contribution is 5.80. The maximum absolute atomic E-state index is 3.50. The van der Waals surface area contributed by atoms with Crippen LogP contribution in [0.4, 0.5) is 0 Å². The van der Waals surface area contributed by atoms with Crippen LogP contribution in [0.15, 0.2) is 158 Å². The quantitative estimate of drug-likeness (QED) is 0.222. The van der Waals surface area contributed by atoms with Crippen molar-refractivity contribution < 1.29 is 0 Å². The van der Waals surface area contributed by atoms with E-state index in [0.717, 1.165) is 11.4 Å². The molecule has 0 bridgehead atoms. The van der Waals surface area contributed by atoms with E-state index in [1.54, 1.807) is 0 Å². The smallest absolute Gasteiger partial charge is 0.0460 e. The molecule has 0 atom stereocenters. The van der Waals surface area contributed by atoms with Gasteiger partial charge in [0.25, 0.3) is 0 Å². The van der Waals surface area contributed by atoms with E-state index in [1.165, 1.54) is 55.6 Å². The molecule has 0 radical (unpaired) electrons. The number of benzene rings is 5. The first kappa shape index (κ1) is 23.8. The van der Waals surface area contributed by atoms with Crippen LogP contribution in [0.2, 0.25) is 0 Å². The lowest BCUT2D eigenvalue weighted by Gasteiger charge is -2.05. The summed E-state index contributed by atoms with van der Waals surface area (Å²) in [6.07, 6.45) is 4.20. The molecule has 7 aromatic rings. The molecule has 40 heavy (non-hydrogen) atoms. The predicted molar refractivity (Wildman–Crippen MR) is 168 cm³/mol. The second-order valence-electron chi connectivity index (χ2n) is 10.1. The summed E-state index contributed by atoms with van der Waals surface area (Å²) >= 11 is 0. The summed E-state index contributed by atoms with van der Waals surface area (Å²) in [5, 5.41) is 0. The van der Waals surface area contributed by atoms with Gasteiger partial charge in [0.15, 0.2) is 0 Å². The van der Waals surface area contributed by atoms with Crippen LogP contribution in [0.1, 0.15) is 0 Å². The van der Waals surface area contributed by atoms with E-state index in [2.05, 4.69) is 168 Å². The first-order chi connectivity index (χ1) is 19.8. The van der Waals surface area contributed by atoms with Gasteiger partial charge in [-0.3, -0.25) is 0 Å². The van der Waals surface area contributed by atoms with Gasteiger partial charge in [-0.05, 0) is 86.0 Å². The number of aromatic nitrogens is 2. The van der Waals surface area contributed by atoms with Gasteiger partial charge >= 0.3 is 0 Å². The van der Waals surface area contributed by atoms with Crippen molar-refractivity contribution in [3.8, 4) is 67.0 Å². The average molecular weight is 513 g/mol. The maximum Gasteiger partial charge on any atom is 0.0460 e. The Morgan fingerprint density at radius 1 is 0.250 bits per heavy atom. The number of aromatic amines is 2. The first-order valence-corrected chi connectivity index (χ1v) is 13.6. The lowest BCUT2D eigenvalue weighted by molar-refractivity contribution is 1.40. The number of hydrogen-bond donors (Lipinski definition) is 2. The number of H-pyrrole nitrogens is 2. The van der Waals surface area contributed by atoms with Crippen molar-refractivity contribution in [3.63, 3.8) is 0 Å². The zero-order valence-electron chi connectivity index (χ0n) is 22.0. The second kappa shape index (κ2) is 10.4. The molecule has 2 aromatic heterocycles. The van der Waals surface area contributed by atoms with Gasteiger partial charge in [-0.2, -0.15) is 0 Å². The summed E-state index contributed by atoms with van der Waals surface area (Å²) in [5.74, 6) is 0. The van der Waals surface area contributed by atoms with Crippen LogP contribution in [0.3, 0.4) is 0 Å². The Balaban J connectivity index is 1.15. The van der Waals surface area contributed by atoms with Gasteiger partial charge in [0, 0.05) is 23.8 Å². The zero-order chi connectivity index (χ0) is 26.7. The third-order valence-corrected chi connectivity index (χ3v) is 7.46. The summed E-state index contributed by atoms with van der Waals surface area (Å²) < 4.78 is 0. The second-order valence-corrected chi connectivity index (χ2v) is 10.1. The molecular weight excluding hydrogens is 484 g/mol. The molecular formula is C38H28N2. The van der Waals surface area contributed by atoms with Crippen LogP contribution in [0.25, 0.3) is 67.0 Å².